The lowest BCUT2D eigenvalue weighted by molar-refractivity contribution is 0.434. The lowest BCUT2D eigenvalue weighted by atomic mass is 9.61. The van der Waals surface area contributed by atoms with E-state index in [1.165, 1.54) is 22.3 Å². The van der Waals surface area contributed by atoms with E-state index in [-0.39, 0.29) is 5.43 Å². The van der Waals surface area contributed by atoms with Gasteiger partial charge in [0, 0.05) is 28.4 Å². The molecule has 2 aliphatic rings. The number of aryl methyl sites for hydroxylation is 3. The first-order valence-corrected chi connectivity index (χ1v) is 13.9. The van der Waals surface area contributed by atoms with Crippen molar-refractivity contribution in [2.24, 2.45) is 0 Å². The smallest absolute Gasteiger partial charge is 0.195 e. The van der Waals surface area contributed by atoms with Crippen molar-refractivity contribution < 1.29 is 9.15 Å². The van der Waals surface area contributed by atoms with Crippen molar-refractivity contribution in [3.63, 3.8) is 0 Å². The summed E-state index contributed by atoms with van der Waals surface area (Å²) in [7, 11) is 0. The summed E-state index contributed by atoms with van der Waals surface area (Å²) in [5.41, 5.74) is 10.6. The lowest BCUT2D eigenvalue weighted by Crippen LogP contribution is -2.39. The van der Waals surface area contributed by atoms with Gasteiger partial charge in [0.25, 0.3) is 0 Å². The SMILES string of the molecule is Cc1ccc2c(c1)C1(c3ccccc3Oc3ccccc31)c1cc(C)ccc1N2c1ccc2c(=O)c(C)coc2c1. The predicted molar refractivity (Wildman–Crippen MR) is 163 cm³/mol. The van der Waals surface area contributed by atoms with E-state index in [0.717, 1.165) is 39.7 Å². The predicted octanol–water partition coefficient (Wildman–Crippen LogP) is 8.99. The quantitative estimate of drug-likeness (QED) is 0.211. The molecule has 1 aromatic heterocycles. The summed E-state index contributed by atoms with van der Waals surface area (Å²) < 4.78 is 12.4. The molecule has 0 saturated carbocycles. The van der Waals surface area contributed by atoms with E-state index in [4.69, 9.17) is 9.15 Å². The Hall–Kier alpha value is -5.09. The number of para-hydroxylation sites is 2. The van der Waals surface area contributed by atoms with Crippen molar-refractivity contribution >= 4 is 28.0 Å². The number of fused-ring (bicyclic) bond motifs is 9. The van der Waals surface area contributed by atoms with Gasteiger partial charge in [-0.3, -0.25) is 4.79 Å². The second kappa shape index (κ2) is 8.45. The van der Waals surface area contributed by atoms with Crippen LogP contribution in [0.4, 0.5) is 17.1 Å². The van der Waals surface area contributed by atoms with Gasteiger partial charge in [-0.1, -0.05) is 71.8 Å². The fourth-order valence-electron chi connectivity index (χ4n) is 6.77. The van der Waals surface area contributed by atoms with Gasteiger partial charge < -0.3 is 14.1 Å². The summed E-state index contributed by atoms with van der Waals surface area (Å²) in [6.45, 7) is 6.08. The fraction of sp³-hybridized carbons (Fsp3) is 0.108. The molecule has 41 heavy (non-hydrogen) atoms. The second-order valence-electron chi connectivity index (χ2n) is 11.1. The Morgan fingerprint density at radius 1 is 0.634 bits per heavy atom. The highest BCUT2D eigenvalue weighted by molar-refractivity contribution is 5.93. The first-order chi connectivity index (χ1) is 20.0. The van der Waals surface area contributed by atoms with Crippen molar-refractivity contribution in [3.05, 3.63) is 159 Å². The summed E-state index contributed by atoms with van der Waals surface area (Å²) in [5.74, 6) is 1.73. The Labute approximate surface area is 238 Å². The van der Waals surface area contributed by atoms with Gasteiger partial charge in [0.2, 0.25) is 0 Å². The van der Waals surface area contributed by atoms with E-state index in [0.29, 0.717) is 16.5 Å². The Balaban J connectivity index is 1.52. The largest absolute Gasteiger partial charge is 0.464 e. The van der Waals surface area contributed by atoms with Crippen molar-refractivity contribution in [1.29, 1.82) is 0 Å². The van der Waals surface area contributed by atoms with Crippen molar-refractivity contribution in [2.45, 2.75) is 26.2 Å². The first-order valence-electron chi connectivity index (χ1n) is 13.9. The van der Waals surface area contributed by atoms with E-state index >= 15 is 0 Å². The molecule has 0 radical (unpaired) electrons. The molecule has 6 aromatic rings. The Morgan fingerprint density at radius 2 is 1.22 bits per heavy atom. The van der Waals surface area contributed by atoms with E-state index < -0.39 is 5.41 Å². The number of benzene rings is 5. The number of anilines is 3. The first kappa shape index (κ1) is 23.8. The van der Waals surface area contributed by atoms with Crippen LogP contribution in [0.3, 0.4) is 0 Å². The normalized spacial score (nSPS) is 14.2. The second-order valence-corrected chi connectivity index (χ2v) is 11.1. The molecule has 0 fully saturated rings. The number of ether oxygens (including phenoxy) is 1. The zero-order valence-electron chi connectivity index (χ0n) is 23.1. The van der Waals surface area contributed by atoms with Crippen LogP contribution in [-0.2, 0) is 5.41 Å². The minimum atomic E-state index is -0.592. The van der Waals surface area contributed by atoms with Gasteiger partial charge in [0.1, 0.15) is 17.1 Å². The van der Waals surface area contributed by atoms with Crippen LogP contribution in [0.25, 0.3) is 11.0 Å². The molecule has 0 aliphatic carbocycles. The molecule has 0 atom stereocenters. The van der Waals surface area contributed by atoms with E-state index in [2.05, 4.69) is 91.5 Å². The topological polar surface area (TPSA) is 42.7 Å². The zero-order valence-corrected chi connectivity index (χ0v) is 23.1. The third-order valence-corrected chi connectivity index (χ3v) is 8.58. The van der Waals surface area contributed by atoms with Gasteiger partial charge in [-0.2, -0.15) is 0 Å². The minimum Gasteiger partial charge on any atom is -0.464 e. The van der Waals surface area contributed by atoms with Gasteiger partial charge in [-0.15, -0.1) is 0 Å². The lowest BCUT2D eigenvalue weighted by Gasteiger charge is -2.48. The molecule has 2 aliphatic heterocycles. The highest BCUT2D eigenvalue weighted by Gasteiger charge is 2.51. The average molecular weight is 534 g/mol. The molecule has 4 heteroatoms. The van der Waals surface area contributed by atoms with Crippen LogP contribution in [0.2, 0.25) is 0 Å². The van der Waals surface area contributed by atoms with E-state index in [9.17, 15) is 4.79 Å². The van der Waals surface area contributed by atoms with Gasteiger partial charge in [-0.25, -0.2) is 0 Å². The highest BCUT2D eigenvalue weighted by atomic mass is 16.5. The van der Waals surface area contributed by atoms with Crippen LogP contribution >= 0.6 is 0 Å². The molecule has 0 amide bonds. The molecular formula is C37H27NO3. The molecule has 0 saturated heterocycles. The Bertz CT molecular complexity index is 2000. The zero-order chi connectivity index (χ0) is 27.9. The average Bonchev–Trinajstić information content (AvgIpc) is 2.99. The summed E-state index contributed by atoms with van der Waals surface area (Å²) in [5, 5.41) is 0.586. The monoisotopic (exact) mass is 533 g/mol. The van der Waals surface area contributed by atoms with Crippen LogP contribution in [-0.4, -0.2) is 0 Å². The van der Waals surface area contributed by atoms with Gasteiger partial charge in [-0.05, 0) is 68.3 Å². The molecule has 0 N–H and O–H groups in total. The third kappa shape index (κ3) is 3.19. The van der Waals surface area contributed by atoms with Crippen molar-refractivity contribution in [2.75, 3.05) is 4.90 Å². The van der Waals surface area contributed by atoms with Crippen LogP contribution in [0, 0.1) is 20.8 Å². The third-order valence-electron chi connectivity index (χ3n) is 8.58. The van der Waals surface area contributed by atoms with Gasteiger partial charge >= 0.3 is 0 Å². The van der Waals surface area contributed by atoms with Gasteiger partial charge in [0.15, 0.2) is 5.43 Å². The molecule has 4 nitrogen and oxygen atoms in total. The highest BCUT2D eigenvalue weighted by Crippen LogP contribution is 2.62. The van der Waals surface area contributed by atoms with E-state index in [1.54, 1.807) is 13.2 Å². The summed E-state index contributed by atoms with van der Waals surface area (Å²) in [6, 6.07) is 36.1. The molecule has 1 spiro atoms. The minimum absolute atomic E-state index is 0.00198. The summed E-state index contributed by atoms with van der Waals surface area (Å²) in [4.78, 5) is 15.1. The molecule has 198 valence electrons. The van der Waals surface area contributed by atoms with Crippen LogP contribution in [0.1, 0.15) is 38.9 Å². The Kier molecular flexibility index (Phi) is 4.90. The van der Waals surface area contributed by atoms with E-state index in [1.807, 2.05) is 30.3 Å². The molecule has 5 aromatic carbocycles. The summed E-state index contributed by atoms with van der Waals surface area (Å²) >= 11 is 0. The standard InChI is InChI=1S/C37H27NO3/c1-22-12-16-31-29(18-22)37(27-8-4-6-10-33(27)41-34-11-7-5-9-28(34)37)30-19-23(2)13-17-32(30)38(31)25-14-15-26-35(20-25)40-21-24(3)36(26)39/h4-21H,1-3H3. The van der Waals surface area contributed by atoms with Crippen molar-refractivity contribution in [3.8, 4) is 11.5 Å². The van der Waals surface area contributed by atoms with Gasteiger partial charge in [0.05, 0.1) is 28.4 Å². The maximum absolute atomic E-state index is 12.8. The molecule has 8 rings (SSSR count). The molecular weight excluding hydrogens is 506 g/mol. The Morgan fingerprint density at radius 3 is 1.83 bits per heavy atom. The van der Waals surface area contributed by atoms with Crippen molar-refractivity contribution in [1.82, 2.24) is 0 Å². The molecule has 0 unspecified atom stereocenters. The molecule has 0 bridgehead atoms. The van der Waals surface area contributed by atoms with Crippen LogP contribution < -0.4 is 15.1 Å². The maximum atomic E-state index is 12.8. The fourth-order valence-corrected chi connectivity index (χ4v) is 6.77. The van der Waals surface area contributed by atoms with Crippen LogP contribution in [0.5, 0.6) is 11.5 Å². The van der Waals surface area contributed by atoms with Crippen LogP contribution in [0.15, 0.2) is 119 Å². The number of nitrogens with zero attached hydrogens (tertiary/aromatic N) is 1. The molecule has 3 heterocycles. The maximum Gasteiger partial charge on any atom is 0.195 e. The summed E-state index contributed by atoms with van der Waals surface area (Å²) in [6.07, 6.45) is 1.55. The number of hydrogen-bond acceptors (Lipinski definition) is 4. The number of hydrogen-bond donors (Lipinski definition) is 0. The number of rotatable bonds is 1.